The van der Waals surface area contributed by atoms with E-state index in [1.165, 1.54) is 0 Å². The number of hydrogen-bond donors (Lipinski definition) is 0. The molecule has 3 nitrogen and oxygen atoms in total. The average molecular weight is 302 g/mol. The minimum absolute atomic E-state index is 0.319. The highest BCUT2D eigenvalue weighted by Gasteiger charge is 2.29. The number of ether oxygens (including phenoxy) is 1. The summed E-state index contributed by atoms with van der Waals surface area (Å²) < 4.78 is 8.01. The molecule has 0 amide bonds. The van der Waals surface area contributed by atoms with Crippen LogP contribution in [0.2, 0.25) is 0 Å². The minimum Gasteiger partial charge on any atom is -0.371 e. The zero-order valence-corrected chi connectivity index (χ0v) is 14.2. The van der Waals surface area contributed by atoms with Crippen molar-refractivity contribution in [2.45, 2.75) is 26.4 Å². The van der Waals surface area contributed by atoms with E-state index in [2.05, 4.69) is 42.4 Å². The summed E-state index contributed by atoms with van der Waals surface area (Å²) >= 11 is 1.88. The van der Waals surface area contributed by atoms with Crippen molar-refractivity contribution in [3.8, 4) is 0 Å². The van der Waals surface area contributed by atoms with E-state index in [9.17, 15) is 0 Å². The molecule has 21 heavy (non-hydrogen) atoms. The second-order valence-electron chi connectivity index (χ2n) is 5.47. The van der Waals surface area contributed by atoms with Crippen LogP contribution in [0.25, 0.3) is 15.7 Å². The molecule has 0 bridgehead atoms. The summed E-state index contributed by atoms with van der Waals surface area (Å²) in [5, 5.41) is 1.11. The number of methoxy groups -OCH3 is 1. The van der Waals surface area contributed by atoms with E-state index in [0.29, 0.717) is 0 Å². The zero-order chi connectivity index (χ0) is 15.6. The van der Waals surface area contributed by atoms with Crippen molar-refractivity contribution in [1.82, 2.24) is 4.57 Å². The summed E-state index contributed by atoms with van der Waals surface area (Å²) in [5.41, 5.74) is 3.73. The van der Waals surface area contributed by atoms with E-state index in [1.54, 1.807) is 7.11 Å². The van der Waals surface area contributed by atoms with Crippen LogP contribution in [0, 0.1) is 13.5 Å². The fourth-order valence-corrected chi connectivity index (χ4v) is 3.50. The highest BCUT2D eigenvalue weighted by Crippen LogP contribution is 2.35. The highest BCUT2D eigenvalue weighted by atomic mass is 32.2. The molecule has 0 saturated carbocycles. The molecule has 0 radical (unpaired) electrons. The van der Waals surface area contributed by atoms with Gasteiger partial charge < -0.3 is 9.30 Å². The van der Waals surface area contributed by atoms with E-state index < -0.39 is 0 Å². The maximum absolute atomic E-state index is 7.26. The molecule has 4 heteroatoms. The second-order valence-corrected chi connectivity index (χ2v) is 6.74. The number of benzene rings is 1. The summed E-state index contributed by atoms with van der Waals surface area (Å²) in [6.07, 6.45) is 0. The van der Waals surface area contributed by atoms with Crippen LogP contribution in [0.1, 0.15) is 25.1 Å². The summed E-state index contributed by atoms with van der Waals surface area (Å²) in [6.45, 7) is 13.5. The first-order valence-corrected chi connectivity index (χ1v) is 8.23. The molecule has 2 aromatic rings. The summed E-state index contributed by atoms with van der Waals surface area (Å²) in [7, 11) is 3.84. The van der Waals surface area contributed by atoms with Gasteiger partial charge in [-0.1, -0.05) is 6.92 Å². The van der Waals surface area contributed by atoms with E-state index in [-0.39, 0.29) is 5.60 Å². The van der Waals surface area contributed by atoms with Crippen LogP contribution in [0.5, 0.6) is 0 Å². The highest BCUT2D eigenvalue weighted by molar-refractivity contribution is 7.99. The molecule has 0 aliphatic heterocycles. The van der Waals surface area contributed by atoms with Crippen molar-refractivity contribution in [1.29, 1.82) is 0 Å². The van der Waals surface area contributed by atoms with Crippen molar-refractivity contribution in [3.05, 3.63) is 40.9 Å². The Morgan fingerprint density at radius 2 is 2.10 bits per heavy atom. The molecule has 0 aliphatic carbocycles. The Bertz CT molecular complexity index is 699. The molecular formula is C17H22N2OS. The first kappa shape index (κ1) is 15.9. The standard InChI is InChI=1S/C17H22N2OS/c1-7-21-11-17(3,20-6)16-10-13-9-14(18-4)12(2)8-15(13)19(16)5/h8-10H,7,11H2,1-3,5-6H3. The number of thioether (sulfide) groups is 1. The minimum atomic E-state index is -0.319. The SMILES string of the molecule is [C-]#[N+]c1cc2cc(C(C)(CSCC)OC)n(C)c2cc1C. The summed E-state index contributed by atoms with van der Waals surface area (Å²) in [6, 6.07) is 6.22. The lowest BCUT2D eigenvalue weighted by Gasteiger charge is -2.28. The molecule has 112 valence electrons. The van der Waals surface area contributed by atoms with Gasteiger partial charge in [0.05, 0.1) is 12.3 Å². The molecule has 1 aromatic heterocycles. The van der Waals surface area contributed by atoms with E-state index >= 15 is 0 Å². The fourth-order valence-electron chi connectivity index (χ4n) is 2.64. The van der Waals surface area contributed by atoms with Gasteiger partial charge in [0.2, 0.25) is 0 Å². The maximum Gasteiger partial charge on any atom is 0.190 e. The average Bonchev–Trinajstić information content (AvgIpc) is 2.81. The van der Waals surface area contributed by atoms with Crippen LogP contribution in [0.15, 0.2) is 18.2 Å². The van der Waals surface area contributed by atoms with Gasteiger partial charge in [0.1, 0.15) is 5.60 Å². The van der Waals surface area contributed by atoms with Gasteiger partial charge in [0, 0.05) is 25.4 Å². The summed E-state index contributed by atoms with van der Waals surface area (Å²) in [5.74, 6) is 1.99. The predicted molar refractivity (Wildman–Crippen MR) is 91.3 cm³/mol. The number of fused-ring (bicyclic) bond motifs is 1. The van der Waals surface area contributed by atoms with Crippen molar-refractivity contribution < 1.29 is 4.74 Å². The van der Waals surface area contributed by atoms with Crippen LogP contribution in [0.3, 0.4) is 0 Å². The number of nitrogens with zero attached hydrogens (tertiary/aromatic N) is 2. The van der Waals surface area contributed by atoms with Gasteiger partial charge in [-0.05, 0) is 48.7 Å². The van der Waals surface area contributed by atoms with Crippen LogP contribution in [-0.2, 0) is 17.4 Å². The van der Waals surface area contributed by atoms with E-state index in [1.807, 2.05) is 24.8 Å². The Balaban J connectivity index is 2.60. The third-order valence-electron chi connectivity index (χ3n) is 4.05. The second kappa shape index (κ2) is 6.13. The van der Waals surface area contributed by atoms with Crippen molar-refractivity contribution >= 4 is 28.4 Å². The molecular weight excluding hydrogens is 280 g/mol. The fraction of sp³-hybridized carbons (Fsp3) is 0.471. The van der Waals surface area contributed by atoms with E-state index in [4.69, 9.17) is 11.3 Å². The molecule has 0 fully saturated rings. The molecule has 1 heterocycles. The molecule has 1 aromatic carbocycles. The number of rotatable bonds is 5. The van der Waals surface area contributed by atoms with Crippen LogP contribution < -0.4 is 0 Å². The van der Waals surface area contributed by atoms with Gasteiger partial charge in [-0.3, -0.25) is 0 Å². The molecule has 0 N–H and O–H groups in total. The van der Waals surface area contributed by atoms with Gasteiger partial charge in [-0.25, -0.2) is 4.85 Å². The Labute approximate surface area is 131 Å². The molecule has 2 rings (SSSR count). The molecule has 1 unspecified atom stereocenters. The van der Waals surface area contributed by atoms with Crippen LogP contribution in [-0.4, -0.2) is 23.2 Å². The third kappa shape index (κ3) is 2.81. The number of aryl methyl sites for hydroxylation is 2. The Morgan fingerprint density at radius 3 is 2.67 bits per heavy atom. The van der Waals surface area contributed by atoms with Crippen LogP contribution >= 0.6 is 11.8 Å². The number of hydrogen-bond acceptors (Lipinski definition) is 2. The topological polar surface area (TPSA) is 18.5 Å². The van der Waals surface area contributed by atoms with Gasteiger partial charge in [0.15, 0.2) is 5.69 Å². The van der Waals surface area contributed by atoms with Gasteiger partial charge >= 0.3 is 0 Å². The smallest absolute Gasteiger partial charge is 0.190 e. The lowest BCUT2D eigenvalue weighted by atomic mass is 10.0. The third-order valence-corrected chi connectivity index (χ3v) is 5.22. The molecule has 0 saturated heterocycles. The lowest BCUT2D eigenvalue weighted by Crippen LogP contribution is -2.30. The van der Waals surface area contributed by atoms with Gasteiger partial charge in [-0.15, -0.1) is 0 Å². The zero-order valence-electron chi connectivity index (χ0n) is 13.4. The molecule has 0 aliphatic rings. The largest absolute Gasteiger partial charge is 0.371 e. The monoisotopic (exact) mass is 302 g/mol. The molecule has 1 atom stereocenters. The summed E-state index contributed by atoms with van der Waals surface area (Å²) in [4.78, 5) is 3.60. The normalized spacial score (nSPS) is 14.1. The van der Waals surface area contributed by atoms with Crippen molar-refractivity contribution in [3.63, 3.8) is 0 Å². The first-order valence-electron chi connectivity index (χ1n) is 7.07. The Morgan fingerprint density at radius 1 is 1.38 bits per heavy atom. The van der Waals surface area contributed by atoms with Gasteiger partial charge in [-0.2, -0.15) is 11.8 Å². The predicted octanol–water partition coefficient (Wildman–Crippen LogP) is 4.65. The first-order chi connectivity index (χ1) is 9.96. The van der Waals surface area contributed by atoms with Crippen LogP contribution in [0.4, 0.5) is 5.69 Å². The Kier molecular flexibility index (Phi) is 4.65. The number of aromatic nitrogens is 1. The van der Waals surface area contributed by atoms with E-state index in [0.717, 1.165) is 39.4 Å². The molecule has 0 spiro atoms. The Hall–Kier alpha value is -1.44. The van der Waals surface area contributed by atoms with Gasteiger partial charge in [0.25, 0.3) is 0 Å². The van der Waals surface area contributed by atoms with Crippen molar-refractivity contribution in [2.24, 2.45) is 7.05 Å². The maximum atomic E-state index is 7.26. The quantitative estimate of drug-likeness (QED) is 0.748. The lowest BCUT2D eigenvalue weighted by molar-refractivity contribution is 0.0180. The van der Waals surface area contributed by atoms with Crippen molar-refractivity contribution in [2.75, 3.05) is 18.6 Å².